The molecule has 1 aliphatic heterocycles. The molecule has 2 heterocycles. The average molecular weight is 418 g/mol. The van der Waals surface area contributed by atoms with E-state index >= 15 is 0 Å². The molecule has 158 valence electrons. The van der Waals surface area contributed by atoms with E-state index in [0.29, 0.717) is 22.4 Å². The maximum absolute atomic E-state index is 13.0. The second-order valence-corrected chi connectivity index (χ2v) is 7.93. The lowest BCUT2D eigenvalue weighted by Gasteiger charge is -2.41. The third kappa shape index (κ3) is 3.61. The molecule has 1 aliphatic rings. The van der Waals surface area contributed by atoms with E-state index in [1.165, 1.54) is 4.90 Å². The number of para-hydroxylation sites is 2. The van der Waals surface area contributed by atoms with Crippen LogP contribution < -0.4 is 10.2 Å². The molecule has 0 atom stereocenters. The number of carbonyl (C=O) groups excluding carboxylic acids is 3. The highest BCUT2D eigenvalue weighted by Gasteiger charge is 2.43. The third-order valence-electron chi connectivity index (χ3n) is 5.40. The molecule has 0 aliphatic carbocycles. The highest BCUT2D eigenvalue weighted by molar-refractivity contribution is 6.14. The summed E-state index contributed by atoms with van der Waals surface area (Å²) in [4.78, 5) is 48.3. The second-order valence-electron chi connectivity index (χ2n) is 7.93. The van der Waals surface area contributed by atoms with Gasteiger partial charge in [-0.2, -0.15) is 0 Å². The molecule has 2 amide bonds. The van der Waals surface area contributed by atoms with Crippen LogP contribution >= 0.6 is 0 Å². The van der Waals surface area contributed by atoms with Crippen LogP contribution in [0.2, 0.25) is 0 Å². The number of rotatable bonds is 3. The fraction of sp³-hybridized carbons (Fsp3) is 0.261. The maximum atomic E-state index is 13.0. The summed E-state index contributed by atoms with van der Waals surface area (Å²) in [5, 5.41) is 2.80. The molecule has 0 fully saturated rings. The first-order chi connectivity index (χ1) is 14.7. The number of amides is 2. The van der Waals surface area contributed by atoms with Gasteiger partial charge in [-0.1, -0.05) is 12.1 Å². The van der Waals surface area contributed by atoms with Gasteiger partial charge in [0, 0.05) is 0 Å². The Bertz CT molecular complexity index is 1240. The van der Waals surface area contributed by atoms with Crippen molar-refractivity contribution >= 4 is 40.2 Å². The van der Waals surface area contributed by atoms with E-state index in [1.54, 1.807) is 56.3 Å². The Labute approximate surface area is 179 Å². The largest absolute Gasteiger partial charge is 0.452 e. The van der Waals surface area contributed by atoms with Crippen molar-refractivity contribution in [3.8, 4) is 0 Å². The van der Waals surface area contributed by atoms with E-state index in [0.717, 1.165) is 11.4 Å². The third-order valence-corrected chi connectivity index (χ3v) is 5.40. The molecule has 0 saturated carbocycles. The molecule has 0 spiro atoms. The summed E-state index contributed by atoms with van der Waals surface area (Å²) < 4.78 is 5.28. The van der Waals surface area contributed by atoms with Crippen LogP contribution in [0, 0.1) is 13.8 Å². The minimum Gasteiger partial charge on any atom is -0.452 e. The molecule has 31 heavy (non-hydrogen) atoms. The lowest BCUT2D eigenvalue weighted by atomic mass is 9.96. The number of fused-ring (bicyclic) bond motifs is 2. The Morgan fingerprint density at radius 3 is 2.45 bits per heavy atom. The van der Waals surface area contributed by atoms with Gasteiger partial charge in [0.15, 0.2) is 6.61 Å². The van der Waals surface area contributed by atoms with Crippen molar-refractivity contribution in [1.82, 2.24) is 9.97 Å². The standard InChI is InChI=1S/C23H22N4O4/c1-13-14(2)25-18-11-15(9-10-16(18)24-13)21(29)31-12-20(28)27-19-8-6-5-7-17(19)26-22(30)23(27,3)4/h5-11H,12H2,1-4H3,(H,26,30). The van der Waals surface area contributed by atoms with Gasteiger partial charge in [-0.25, -0.2) is 14.8 Å². The summed E-state index contributed by atoms with van der Waals surface area (Å²) in [6.45, 7) is 6.50. The SMILES string of the molecule is Cc1nc2ccc(C(=O)OCC(=O)N3c4ccccc4NC(=O)C3(C)C)cc2nc1C. The van der Waals surface area contributed by atoms with Gasteiger partial charge in [0.2, 0.25) is 5.91 Å². The predicted octanol–water partition coefficient (Wildman–Crippen LogP) is 3.17. The number of hydrogen-bond acceptors (Lipinski definition) is 6. The first-order valence-corrected chi connectivity index (χ1v) is 9.84. The zero-order valence-electron chi connectivity index (χ0n) is 17.7. The molecule has 8 heteroatoms. The van der Waals surface area contributed by atoms with E-state index in [-0.39, 0.29) is 11.5 Å². The lowest BCUT2D eigenvalue weighted by Crippen LogP contribution is -2.59. The number of aromatic nitrogens is 2. The topological polar surface area (TPSA) is 101 Å². The van der Waals surface area contributed by atoms with Crippen LogP contribution in [0.1, 0.15) is 35.6 Å². The van der Waals surface area contributed by atoms with Crippen LogP contribution in [-0.2, 0) is 14.3 Å². The summed E-state index contributed by atoms with van der Waals surface area (Å²) in [6, 6.07) is 11.9. The number of esters is 1. The fourth-order valence-corrected chi connectivity index (χ4v) is 3.53. The van der Waals surface area contributed by atoms with E-state index in [4.69, 9.17) is 4.74 Å². The maximum Gasteiger partial charge on any atom is 0.338 e. The lowest BCUT2D eigenvalue weighted by molar-refractivity contribution is -0.128. The zero-order valence-corrected chi connectivity index (χ0v) is 17.7. The number of aryl methyl sites for hydroxylation is 2. The predicted molar refractivity (Wildman–Crippen MR) is 116 cm³/mol. The first kappa shape index (κ1) is 20.5. The van der Waals surface area contributed by atoms with Gasteiger partial charge in [-0.05, 0) is 58.0 Å². The summed E-state index contributed by atoms with van der Waals surface area (Å²) in [5.74, 6) is -1.46. The average Bonchev–Trinajstić information content (AvgIpc) is 2.73. The van der Waals surface area contributed by atoms with Crippen molar-refractivity contribution in [3.05, 3.63) is 59.4 Å². The second kappa shape index (κ2) is 7.46. The smallest absolute Gasteiger partial charge is 0.338 e. The Morgan fingerprint density at radius 1 is 1.03 bits per heavy atom. The first-order valence-electron chi connectivity index (χ1n) is 9.84. The number of benzene rings is 2. The van der Waals surface area contributed by atoms with Crippen molar-refractivity contribution in [2.45, 2.75) is 33.2 Å². The molecule has 1 N–H and O–H groups in total. The molecule has 3 aromatic rings. The molecule has 0 saturated heterocycles. The number of carbonyl (C=O) groups is 3. The normalized spacial score (nSPS) is 14.7. The van der Waals surface area contributed by atoms with Crippen molar-refractivity contribution in [2.24, 2.45) is 0 Å². The molecular formula is C23H22N4O4. The highest BCUT2D eigenvalue weighted by atomic mass is 16.5. The van der Waals surface area contributed by atoms with Crippen LogP contribution in [0.3, 0.4) is 0 Å². The fourth-order valence-electron chi connectivity index (χ4n) is 3.53. The minimum absolute atomic E-state index is 0.272. The van der Waals surface area contributed by atoms with Crippen LogP contribution in [0.25, 0.3) is 11.0 Å². The van der Waals surface area contributed by atoms with Crippen molar-refractivity contribution in [1.29, 1.82) is 0 Å². The Kier molecular flexibility index (Phi) is 4.93. The van der Waals surface area contributed by atoms with E-state index in [1.807, 2.05) is 13.8 Å². The number of nitrogens with one attached hydrogen (secondary N) is 1. The molecule has 0 bridgehead atoms. The van der Waals surface area contributed by atoms with Crippen LogP contribution in [-0.4, -0.2) is 39.9 Å². The van der Waals surface area contributed by atoms with Gasteiger partial charge in [0.1, 0.15) is 5.54 Å². The number of anilines is 2. The van der Waals surface area contributed by atoms with Gasteiger partial charge >= 0.3 is 5.97 Å². The monoisotopic (exact) mass is 418 g/mol. The van der Waals surface area contributed by atoms with Gasteiger partial charge in [0.05, 0.1) is 39.4 Å². The van der Waals surface area contributed by atoms with E-state index in [9.17, 15) is 14.4 Å². The Morgan fingerprint density at radius 2 is 1.71 bits per heavy atom. The van der Waals surface area contributed by atoms with Crippen LogP contribution in [0.5, 0.6) is 0 Å². The molecule has 0 radical (unpaired) electrons. The summed E-state index contributed by atoms with van der Waals surface area (Å²) >= 11 is 0. The highest BCUT2D eigenvalue weighted by Crippen LogP contribution is 2.36. The van der Waals surface area contributed by atoms with E-state index in [2.05, 4.69) is 15.3 Å². The van der Waals surface area contributed by atoms with Crippen LogP contribution in [0.4, 0.5) is 11.4 Å². The summed E-state index contributed by atoms with van der Waals surface area (Å²) in [6.07, 6.45) is 0. The summed E-state index contributed by atoms with van der Waals surface area (Å²) in [5.41, 5.74) is 3.07. The molecule has 1 aromatic heterocycles. The van der Waals surface area contributed by atoms with Crippen molar-refractivity contribution < 1.29 is 19.1 Å². The van der Waals surface area contributed by atoms with Crippen molar-refractivity contribution in [3.63, 3.8) is 0 Å². The molecule has 0 unspecified atom stereocenters. The quantitative estimate of drug-likeness (QED) is 0.656. The van der Waals surface area contributed by atoms with Gasteiger partial charge in [0.25, 0.3) is 5.91 Å². The van der Waals surface area contributed by atoms with Gasteiger partial charge < -0.3 is 10.1 Å². The van der Waals surface area contributed by atoms with Gasteiger partial charge in [-0.3, -0.25) is 14.5 Å². The van der Waals surface area contributed by atoms with Crippen molar-refractivity contribution in [2.75, 3.05) is 16.8 Å². The van der Waals surface area contributed by atoms with E-state index < -0.39 is 24.0 Å². The molecule has 4 rings (SSSR count). The molecule has 8 nitrogen and oxygen atoms in total. The minimum atomic E-state index is -1.13. The molecular weight excluding hydrogens is 396 g/mol. The Balaban J connectivity index is 1.54. The zero-order chi connectivity index (χ0) is 22.3. The summed E-state index contributed by atoms with van der Waals surface area (Å²) in [7, 11) is 0. The number of hydrogen-bond donors (Lipinski definition) is 1. The molecule has 2 aromatic carbocycles. The van der Waals surface area contributed by atoms with Gasteiger partial charge in [-0.15, -0.1) is 0 Å². The van der Waals surface area contributed by atoms with Crippen LogP contribution in [0.15, 0.2) is 42.5 Å². The number of nitrogens with zero attached hydrogens (tertiary/aromatic N) is 3. The Hall–Kier alpha value is -3.81. The number of ether oxygens (including phenoxy) is 1.